The Kier molecular flexibility index (Phi) is 3.89. The van der Waals surface area contributed by atoms with Gasteiger partial charge in [-0.25, -0.2) is 8.42 Å². The molecule has 1 fully saturated rings. The molecule has 0 radical (unpaired) electrons. The summed E-state index contributed by atoms with van der Waals surface area (Å²) in [6, 6.07) is 4.86. The van der Waals surface area contributed by atoms with E-state index in [0.717, 1.165) is 5.69 Å². The van der Waals surface area contributed by atoms with Crippen molar-refractivity contribution >= 4 is 27.1 Å². The highest BCUT2D eigenvalue weighted by Crippen LogP contribution is 2.24. The van der Waals surface area contributed by atoms with Gasteiger partial charge in [-0.05, 0) is 18.2 Å². The molecule has 0 unspecified atom stereocenters. The molecule has 1 heterocycles. The van der Waals surface area contributed by atoms with Crippen molar-refractivity contribution in [2.75, 3.05) is 43.1 Å². The van der Waals surface area contributed by atoms with E-state index >= 15 is 0 Å². The molecule has 1 saturated heterocycles. The Bertz CT molecular complexity index is 620. The lowest BCUT2D eigenvalue weighted by Gasteiger charge is -2.35. The highest BCUT2D eigenvalue weighted by atomic mass is 32.2. The number of piperazine rings is 1. The van der Waals surface area contributed by atoms with E-state index in [0.29, 0.717) is 31.9 Å². The summed E-state index contributed by atoms with van der Waals surface area (Å²) in [5, 5.41) is 0. The molecule has 110 valence electrons. The van der Waals surface area contributed by atoms with Crippen LogP contribution in [0.2, 0.25) is 0 Å². The molecule has 2 N–H and O–H groups in total. The minimum absolute atomic E-state index is 0.0639. The van der Waals surface area contributed by atoms with Gasteiger partial charge in [0, 0.05) is 50.7 Å². The molecule has 7 heteroatoms. The number of nitrogen functional groups attached to an aromatic ring is 1. The maximum absolute atomic E-state index is 11.6. The second kappa shape index (κ2) is 5.32. The van der Waals surface area contributed by atoms with Gasteiger partial charge in [-0.3, -0.25) is 4.79 Å². The van der Waals surface area contributed by atoms with Crippen LogP contribution in [0.5, 0.6) is 0 Å². The number of amides is 1. The molecule has 0 bridgehead atoms. The Labute approximate surface area is 119 Å². The standard InChI is InChI=1S/C13H19N3O3S/c1-10(17)15-3-5-16(6-4-15)12-7-11(14)8-13(9-12)20(2,18)19/h7-9H,3-6,14H2,1-2H3. The fraction of sp³-hybridized carbons (Fsp3) is 0.462. The molecule has 6 nitrogen and oxygen atoms in total. The highest BCUT2D eigenvalue weighted by Gasteiger charge is 2.20. The van der Waals surface area contributed by atoms with Gasteiger partial charge in [-0.15, -0.1) is 0 Å². The predicted octanol–water partition coefficient (Wildman–Crippen LogP) is 0.341. The zero-order valence-corrected chi connectivity index (χ0v) is 12.5. The molecule has 1 aromatic rings. The molecule has 1 aliphatic rings. The third-order valence-electron chi connectivity index (χ3n) is 3.43. The van der Waals surface area contributed by atoms with E-state index < -0.39 is 9.84 Å². The lowest BCUT2D eigenvalue weighted by atomic mass is 10.2. The van der Waals surface area contributed by atoms with Crippen LogP contribution < -0.4 is 10.6 Å². The van der Waals surface area contributed by atoms with Crippen molar-refractivity contribution in [2.24, 2.45) is 0 Å². The van der Waals surface area contributed by atoms with E-state index in [9.17, 15) is 13.2 Å². The van der Waals surface area contributed by atoms with Gasteiger partial charge in [0.25, 0.3) is 0 Å². The summed E-state index contributed by atoms with van der Waals surface area (Å²) in [5.74, 6) is 0.0639. The third-order valence-corrected chi connectivity index (χ3v) is 4.52. The Balaban J connectivity index is 2.22. The lowest BCUT2D eigenvalue weighted by Crippen LogP contribution is -2.48. The van der Waals surface area contributed by atoms with E-state index in [2.05, 4.69) is 0 Å². The van der Waals surface area contributed by atoms with Gasteiger partial charge in [-0.2, -0.15) is 0 Å². The van der Waals surface area contributed by atoms with Crippen molar-refractivity contribution in [3.8, 4) is 0 Å². The van der Waals surface area contributed by atoms with Crippen LogP contribution in [-0.2, 0) is 14.6 Å². The topological polar surface area (TPSA) is 83.7 Å². The summed E-state index contributed by atoms with van der Waals surface area (Å²) < 4.78 is 23.3. The Hall–Kier alpha value is -1.76. The second-order valence-corrected chi connectivity index (χ2v) is 7.04. The number of carbonyl (C=O) groups is 1. The largest absolute Gasteiger partial charge is 0.399 e. The monoisotopic (exact) mass is 297 g/mol. The predicted molar refractivity (Wildman–Crippen MR) is 78.4 cm³/mol. The van der Waals surface area contributed by atoms with Crippen LogP contribution >= 0.6 is 0 Å². The van der Waals surface area contributed by atoms with E-state index in [1.165, 1.54) is 12.3 Å². The molecule has 1 amide bonds. The highest BCUT2D eigenvalue weighted by molar-refractivity contribution is 7.90. The van der Waals surface area contributed by atoms with Crippen LogP contribution in [0.1, 0.15) is 6.92 Å². The number of rotatable bonds is 2. The van der Waals surface area contributed by atoms with Gasteiger partial charge >= 0.3 is 0 Å². The fourth-order valence-corrected chi connectivity index (χ4v) is 2.97. The van der Waals surface area contributed by atoms with Crippen LogP contribution in [0.25, 0.3) is 0 Å². The summed E-state index contributed by atoms with van der Waals surface area (Å²) in [7, 11) is -3.28. The van der Waals surface area contributed by atoms with Gasteiger partial charge in [0.2, 0.25) is 5.91 Å². The molecule has 0 aromatic heterocycles. The first-order chi connectivity index (χ1) is 9.27. The number of nitrogens with zero attached hydrogens (tertiary/aromatic N) is 2. The van der Waals surface area contributed by atoms with Crippen LogP contribution in [0.15, 0.2) is 23.1 Å². The number of carbonyl (C=O) groups excluding carboxylic acids is 1. The van der Waals surface area contributed by atoms with Gasteiger partial charge in [0.05, 0.1) is 4.90 Å². The average Bonchev–Trinajstić information content (AvgIpc) is 2.37. The minimum Gasteiger partial charge on any atom is -0.399 e. The second-order valence-electron chi connectivity index (χ2n) is 5.03. The van der Waals surface area contributed by atoms with Crippen molar-refractivity contribution in [1.82, 2.24) is 4.90 Å². The van der Waals surface area contributed by atoms with Gasteiger partial charge in [0.15, 0.2) is 9.84 Å². The molecule has 20 heavy (non-hydrogen) atoms. The van der Waals surface area contributed by atoms with Crippen molar-refractivity contribution in [2.45, 2.75) is 11.8 Å². The van der Waals surface area contributed by atoms with Crippen LogP contribution in [-0.4, -0.2) is 51.7 Å². The molecular formula is C13H19N3O3S. The average molecular weight is 297 g/mol. The summed E-state index contributed by atoms with van der Waals surface area (Å²) in [6.07, 6.45) is 1.17. The van der Waals surface area contributed by atoms with Crippen LogP contribution in [0.3, 0.4) is 0 Å². The Morgan fingerprint density at radius 2 is 1.75 bits per heavy atom. The lowest BCUT2D eigenvalue weighted by molar-refractivity contribution is -0.129. The minimum atomic E-state index is -3.28. The summed E-state index contributed by atoms with van der Waals surface area (Å²) >= 11 is 0. The number of hydrogen-bond acceptors (Lipinski definition) is 5. The third kappa shape index (κ3) is 3.22. The summed E-state index contributed by atoms with van der Waals surface area (Å²) in [6.45, 7) is 4.17. The first-order valence-electron chi connectivity index (χ1n) is 6.38. The number of benzene rings is 1. The zero-order valence-electron chi connectivity index (χ0n) is 11.7. The first-order valence-corrected chi connectivity index (χ1v) is 8.27. The molecule has 0 atom stereocenters. The zero-order chi connectivity index (χ0) is 14.9. The van der Waals surface area contributed by atoms with E-state index in [1.807, 2.05) is 4.90 Å². The van der Waals surface area contributed by atoms with Crippen LogP contribution in [0, 0.1) is 0 Å². The Morgan fingerprint density at radius 3 is 2.25 bits per heavy atom. The molecule has 1 aromatic carbocycles. The van der Waals surface area contributed by atoms with Gasteiger partial charge in [-0.1, -0.05) is 0 Å². The van der Waals surface area contributed by atoms with Crippen molar-refractivity contribution in [3.63, 3.8) is 0 Å². The molecule has 0 aliphatic carbocycles. The van der Waals surface area contributed by atoms with Crippen molar-refractivity contribution in [3.05, 3.63) is 18.2 Å². The number of hydrogen-bond donors (Lipinski definition) is 1. The SMILES string of the molecule is CC(=O)N1CCN(c2cc(N)cc(S(C)(=O)=O)c2)CC1. The van der Waals surface area contributed by atoms with E-state index in [-0.39, 0.29) is 10.8 Å². The molecule has 1 aliphatic heterocycles. The number of nitrogens with two attached hydrogens (primary N) is 1. The summed E-state index contributed by atoms with van der Waals surface area (Å²) in [5.41, 5.74) is 7.00. The molecule has 0 spiro atoms. The van der Waals surface area contributed by atoms with E-state index in [1.54, 1.807) is 24.0 Å². The van der Waals surface area contributed by atoms with E-state index in [4.69, 9.17) is 5.73 Å². The quantitative estimate of drug-likeness (QED) is 0.796. The first kappa shape index (κ1) is 14.6. The smallest absolute Gasteiger partial charge is 0.219 e. The maximum Gasteiger partial charge on any atom is 0.219 e. The molecule has 2 rings (SSSR count). The van der Waals surface area contributed by atoms with Gasteiger partial charge in [0.1, 0.15) is 0 Å². The fourth-order valence-electron chi connectivity index (χ4n) is 2.28. The molecule has 0 saturated carbocycles. The number of anilines is 2. The number of sulfone groups is 1. The van der Waals surface area contributed by atoms with Crippen molar-refractivity contribution in [1.29, 1.82) is 0 Å². The Morgan fingerprint density at radius 1 is 1.15 bits per heavy atom. The van der Waals surface area contributed by atoms with Gasteiger partial charge < -0.3 is 15.5 Å². The van der Waals surface area contributed by atoms with Crippen molar-refractivity contribution < 1.29 is 13.2 Å². The normalized spacial score (nSPS) is 16.3. The molecular weight excluding hydrogens is 278 g/mol. The van der Waals surface area contributed by atoms with Crippen LogP contribution in [0.4, 0.5) is 11.4 Å². The maximum atomic E-state index is 11.6. The summed E-state index contributed by atoms with van der Waals surface area (Å²) in [4.78, 5) is 15.3.